The molecule has 5 N–H and O–H groups in total. The molecule has 0 aromatic heterocycles. The Balaban J connectivity index is 0.000000541. The second-order valence-corrected chi connectivity index (χ2v) is 6.68. The number of hydrogen-bond donors (Lipinski definition) is 4. The summed E-state index contributed by atoms with van der Waals surface area (Å²) in [5.74, 6) is 0. The summed E-state index contributed by atoms with van der Waals surface area (Å²) in [5.41, 5.74) is 4.03. The normalized spacial score (nSPS) is 11.5. The van der Waals surface area contributed by atoms with E-state index in [0.717, 1.165) is 12.1 Å². The molecule has 0 radical (unpaired) electrons. The van der Waals surface area contributed by atoms with Gasteiger partial charge in [0.25, 0.3) is 20.2 Å². The monoisotopic (exact) mass is 349 g/mol. The quantitative estimate of drug-likeness (QED) is 0.580. The van der Waals surface area contributed by atoms with Crippen LogP contribution in [0.2, 0.25) is 0 Å². The standard InChI is InChI=1S/C10H8O6S2.CH3NO2/c11-17(12,13)9-5-1-3-7-8(9)4-2-6-10(7)18(14,15)16;2-1(3)4/h1-6H,(H,11,12,13)(H,14,15,16);2H2,(H,3,4). The average Bonchev–Trinajstić information content (AvgIpc) is 2.34. The lowest BCUT2D eigenvalue weighted by atomic mass is 10.1. The Morgan fingerprint density at radius 1 is 0.818 bits per heavy atom. The molecule has 0 bridgehead atoms. The van der Waals surface area contributed by atoms with E-state index in [0.29, 0.717) is 0 Å². The van der Waals surface area contributed by atoms with Crippen molar-refractivity contribution in [3.05, 3.63) is 36.4 Å². The SMILES string of the molecule is NC(=O)O.O=S(=O)(O)c1cccc2c(S(=O)(=O)O)cccc12. The van der Waals surface area contributed by atoms with Crippen molar-refractivity contribution in [3.63, 3.8) is 0 Å². The maximum Gasteiger partial charge on any atom is 0.402 e. The number of carboxylic acid groups (broad SMARTS) is 1. The molecule has 0 fully saturated rings. The van der Waals surface area contributed by atoms with Gasteiger partial charge in [0.05, 0.1) is 0 Å². The van der Waals surface area contributed by atoms with Crippen molar-refractivity contribution in [3.8, 4) is 0 Å². The molecule has 0 spiro atoms. The van der Waals surface area contributed by atoms with Crippen LogP contribution in [0.15, 0.2) is 46.2 Å². The molecule has 0 saturated carbocycles. The summed E-state index contributed by atoms with van der Waals surface area (Å²) in [6.07, 6.45) is -1.33. The molecule has 22 heavy (non-hydrogen) atoms. The smallest absolute Gasteiger partial charge is 0.402 e. The summed E-state index contributed by atoms with van der Waals surface area (Å²) < 4.78 is 62.7. The van der Waals surface area contributed by atoms with Crippen molar-refractivity contribution < 1.29 is 35.8 Å². The number of fused-ring (bicyclic) bond motifs is 1. The maximum atomic E-state index is 11.2. The van der Waals surface area contributed by atoms with Gasteiger partial charge < -0.3 is 10.8 Å². The fourth-order valence-electron chi connectivity index (χ4n) is 1.70. The Hall–Kier alpha value is -2.21. The van der Waals surface area contributed by atoms with Gasteiger partial charge in [0.2, 0.25) is 0 Å². The second-order valence-electron chi connectivity index (χ2n) is 3.90. The van der Waals surface area contributed by atoms with Crippen LogP contribution in [0.3, 0.4) is 0 Å². The topological polar surface area (TPSA) is 172 Å². The molecule has 0 atom stereocenters. The van der Waals surface area contributed by atoms with Gasteiger partial charge in [0, 0.05) is 10.8 Å². The van der Waals surface area contributed by atoms with E-state index in [9.17, 15) is 16.8 Å². The fraction of sp³-hybridized carbons (Fsp3) is 0. The van der Waals surface area contributed by atoms with Gasteiger partial charge in [-0.3, -0.25) is 9.11 Å². The summed E-state index contributed by atoms with van der Waals surface area (Å²) in [7, 11) is -8.94. The maximum absolute atomic E-state index is 11.2. The molecule has 0 aliphatic heterocycles. The lowest BCUT2D eigenvalue weighted by Gasteiger charge is -2.06. The number of carbonyl (C=O) groups is 1. The zero-order chi connectivity index (χ0) is 17.1. The van der Waals surface area contributed by atoms with Gasteiger partial charge >= 0.3 is 6.09 Å². The first kappa shape index (κ1) is 17.8. The van der Waals surface area contributed by atoms with E-state index in [1.54, 1.807) is 0 Å². The Morgan fingerprint density at radius 2 is 1.09 bits per heavy atom. The highest BCUT2D eigenvalue weighted by Crippen LogP contribution is 2.27. The van der Waals surface area contributed by atoms with Crippen molar-refractivity contribution in [2.24, 2.45) is 5.73 Å². The molecule has 2 rings (SSSR count). The minimum atomic E-state index is -4.47. The summed E-state index contributed by atoms with van der Waals surface area (Å²) >= 11 is 0. The first-order valence-electron chi connectivity index (χ1n) is 5.39. The van der Waals surface area contributed by atoms with E-state index < -0.39 is 36.1 Å². The van der Waals surface area contributed by atoms with Gasteiger partial charge in [0.15, 0.2) is 0 Å². The van der Waals surface area contributed by atoms with Crippen molar-refractivity contribution in [1.29, 1.82) is 0 Å². The van der Waals surface area contributed by atoms with Crippen LogP contribution in [0.1, 0.15) is 0 Å². The molecular weight excluding hydrogens is 338 g/mol. The Morgan fingerprint density at radius 3 is 1.32 bits per heavy atom. The van der Waals surface area contributed by atoms with Crippen LogP contribution in [0.25, 0.3) is 10.8 Å². The molecule has 0 heterocycles. The largest absolute Gasteiger partial charge is 0.465 e. The van der Waals surface area contributed by atoms with Gasteiger partial charge in [-0.25, -0.2) is 4.79 Å². The van der Waals surface area contributed by atoms with Crippen LogP contribution in [0.5, 0.6) is 0 Å². The third-order valence-corrected chi connectivity index (χ3v) is 4.22. The van der Waals surface area contributed by atoms with Gasteiger partial charge in [-0.2, -0.15) is 16.8 Å². The number of hydrogen-bond acceptors (Lipinski definition) is 5. The minimum Gasteiger partial charge on any atom is -0.465 e. The molecule has 0 aliphatic carbocycles. The third kappa shape index (κ3) is 4.39. The van der Waals surface area contributed by atoms with E-state index >= 15 is 0 Å². The molecule has 1 amide bonds. The highest BCUT2D eigenvalue weighted by molar-refractivity contribution is 7.86. The van der Waals surface area contributed by atoms with E-state index in [1.165, 1.54) is 24.3 Å². The zero-order valence-corrected chi connectivity index (χ0v) is 12.4. The van der Waals surface area contributed by atoms with Crippen LogP contribution in [-0.4, -0.2) is 37.1 Å². The first-order valence-corrected chi connectivity index (χ1v) is 8.27. The zero-order valence-electron chi connectivity index (χ0n) is 10.7. The van der Waals surface area contributed by atoms with E-state index in [4.69, 9.17) is 19.0 Å². The Bertz CT molecular complexity index is 843. The molecule has 9 nitrogen and oxygen atoms in total. The lowest BCUT2D eigenvalue weighted by Crippen LogP contribution is -2.03. The number of primary amides is 1. The van der Waals surface area contributed by atoms with Gasteiger partial charge in [-0.05, 0) is 12.1 Å². The summed E-state index contributed by atoms with van der Waals surface area (Å²) in [5, 5.41) is 7.24. The lowest BCUT2D eigenvalue weighted by molar-refractivity contribution is 0.205. The third-order valence-electron chi connectivity index (χ3n) is 2.40. The fourth-order valence-corrected chi connectivity index (χ4v) is 3.12. The minimum absolute atomic E-state index is 0.0233. The molecule has 2 aromatic carbocycles. The predicted molar refractivity (Wildman–Crippen MR) is 75.8 cm³/mol. The van der Waals surface area contributed by atoms with E-state index in [2.05, 4.69) is 5.73 Å². The van der Waals surface area contributed by atoms with Gasteiger partial charge in [-0.15, -0.1) is 0 Å². The first-order chi connectivity index (χ1) is 9.94. The van der Waals surface area contributed by atoms with Crippen LogP contribution < -0.4 is 5.73 Å². The highest BCUT2D eigenvalue weighted by atomic mass is 32.2. The number of rotatable bonds is 2. The summed E-state index contributed by atoms with van der Waals surface area (Å²) in [6, 6.07) is 7.53. The van der Waals surface area contributed by atoms with Gasteiger partial charge in [-0.1, -0.05) is 24.3 Å². The van der Waals surface area contributed by atoms with E-state index in [-0.39, 0.29) is 10.8 Å². The number of benzene rings is 2. The molecular formula is C11H11NO8S2. The van der Waals surface area contributed by atoms with Crippen LogP contribution in [0, 0.1) is 0 Å². The molecule has 0 saturated heterocycles. The van der Waals surface area contributed by atoms with Crippen LogP contribution in [-0.2, 0) is 20.2 Å². The number of amides is 1. The molecule has 2 aromatic rings. The highest BCUT2D eigenvalue weighted by Gasteiger charge is 2.18. The average molecular weight is 349 g/mol. The molecule has 0 aliphatic rings. The van der Waals surface area contributed by atoms with Crippen molar-refractivity contribution in [1.82, 2.24) is 0 Å². The molecule has 120 valence electrons. The van der Waals surface area contributed by atoms with Crippen LogP contribution in [0.4, 0.5) is 4.79 Å². The van der Waals surface area contributed by atoms with Crippen molar-refractivity contribution in [2.75, 3.05) is 0 Å². The van der Waals surface area contributed by atoms with Crippen molar-refractivity contribution >= 4 is 37.1 Å². The molecule has 0 unspecified atom stereocenters. The molecule has 11 heteroatoms. The van der Waals surface area contributed by atoms with Crippen molar-refractivity contribution in [2.45, 2.75) is 9.79 Å². The number of nitrogens with two attached hydrogens (primary N) is 1. The Labute approximate surface area is 125 Å². The summed E-state index contributed by atoms with van der Waals surface area (Å²) in [4.78, 5) is 7.95. The second kappa shape index (κ2) is 6.27. The summed E-state index contributed by atoms with van der Waals surface area (Å²) in [6.45, 7) is 0. The predicted octanol–water partition coefficient (Wildman–Crippen LogP) is 0.956. The van der Waals surface area contributed by atoms with Crippen LogP contribution >= 0.6 is 0 Å². The van der Waals surface area contributed by atoms with Gasteiger partial charge in [0.1, 0.15) is 9.79 Å². The van der Waals surface area contributed by atoms with E-state index in [1.807, 2.05) is 0 Å². The Kier molecular flexibility index (Phi) is 5.09.